The first-order valence-corrected chi connectivity index (χ1v) is 11.5. The van der Waals surface area contributed by atoms with E-state index in [-0.39, 0.29) is 17.8 Å². The van der Waals surface area contributed by atoms with Gasteiger partial charge in [0.1, 0.15) is 17.5 Å². The van der Waals surface area contributed by atoms with Crippen LogP contribution in [0.15, 0.2) is 18.2 Å². The van der Waals surface area contributed by atoms with Crippen LogP contribution in [0, 0.1) is 10.1 Å². The molecule has 186 valence electrons. The molecule has 0 spiro atoms. The number of carboxylic acid groups (broad SMARTS) is 1. The molecule has 0 aliphatic heterocycles. The van der Waals surface area contributed by atoms with E-state index in [1.165, 1.54) is 18.2 Å². The number of nitrogens with one attached hydrogen (secondary N) is 2. The maximum atomic E-state index is 12.4. The summed E-state index contributed by atoms with van der Waals surface area (Å²) in [7, 11) is 0. The fourth-order valence-corrected chi connectivity index (χ4v) is 3.64. The summed E-state index contributed by atoms with van der Waals surface area (Å²) in [6, 6.07) is 4.00. The number of unbranched alkanes of at least 4 members (excludes halogenated alkanes) is 2. The zero-order valence-electron chi connectivity index (χ0n) is 20.3. The normalized spacial score (nSPS) is 12.2. The van der Waals surface area contributed by atoms with Crippen molar-refractivity contribution in [3.63, 3.8) is 0 Å². The lowest BCUT2D eigenvalue weighted by atomic mass is 10.1. The van der Waals surface area contributed by atoms with Gasteiger partial charge in [0.15, 0.2) is 0 Å². The van der Waals surface area contributed by atoms with Crippen LogP contribution < -0.4 is 15.4 Å². The van der Waals surface area contributed by atoms with Gasteiger partial charge in [0.25, 0.3) is 5.69 Å². The summed E-state index contributed by atoms with van der Waals surface area (Å²) in [6.45, 7) is 12.3. The van der Waals surface area contributed by atoms with Crippen molar-refractivity contribution in [3.8, 4) is 5.75 Å². The number of nitro groups is 1. The van der Waals surface area contributed by atoms with Crippen molar-refractivity contribution >= 4 is 23.3 Å². The molecule has 0 heterocycles. The van der Waals surface area contributed by atoms with Gasteiger partial charge in [-0.3, -0.25) is 24.6 Å². The van der Waals surface area contributed by atoms with E-state index < -0.39 is 22.8 Å². The molecule has 1 unspecified atom stereocenters. The van der Waals surface area contributed by atoms with Gasteiger partial charge >= 0.3 is 5.97 Å². The largest absolute Gasteiger partial charge is 0.494 e. The standard InChI is InChI=1S/C23H38N4O6/c1-6-33-18-10-11-19(21(14-18)27(31)32)25-22(28)15-20(23(29)30)24-12-8-7-9-13-26(16(2)3)17(4)5/h10-11,14,16-17,20,24H,6-9,12-13,15H2,1-5H3,(H,25,28)(H,29,30). The topological polar surface area (TPSA) is 134 Å². The fourth-order valence-electron chi connectivity index (χ4n) is 3.64. The minimum atomic E-state index is -1.14. The number of ether oxygens (including phenoxy) is 1. The van der Waals surface area contributed by atoms with Crippen LogP contribution in [0.25, 0.3) is 0 Å². The highest BCUT2D eigenvalue weighted by Crippen LogP contribution is 2.29. The Morgan fingerprint density at radius 2 is 1.82 bits per heavy atom. The van der Waals surface area contributed by atoms with Crippen molar-refractivity contribution < 1.29 is 24.4 Å². The van der Waals surface area contributed by atoms with E-state index in [9.17, 15) is 24.8 Å². The van der Waals surface area contributed by atoms with Crippen LogP contribution in [0.1, 0.15) is 60.3 Å². The highest BCUT2D eigenvalue weighted by molar-refractivity contribution is 5.95. The molecule has 1 atom stereocenters. The van der Waals surface area contributed by atoms with E-state index in [2.05, 4.69) is 43.2 Å². The van der Waals surface area contributed by atoms with E-state index >= 15 is 0 Å². The number of nitrogens with zero attached hydrogens (tertiary/aromatic N) is 2. The van der Waals surface area contributed by atoms with E-state index in [0.717, 1.165) is 25.8 Å². The molecule has 10 nitrogen and oxygen atoms in total. The second kappa shape index (κ2) is 14.4. The smallest absolute Gasteiger partial charge is 0.321 e. The molecule has 0 saturated carbocycles. The molecule has 1 amide bonds. The Balaban J connectivity index is 2.55. The minimum absolute atomic E-state index is 0.00236. The molecule has 0 aliphatic carbocycles. The molecule has 0 bridgehead atoms. The zero-order valence-corrected chi connectivity index (χ0v) is 20.3. The van der Waals surface area contributed by atoms with Crippen molar-refractivity contribution in [2.24, 2.45) is 0 Å². The average Bonchev–Trinajstić information content (AvgIpc) is 2.72. The van der Waals surface area contributed by atoms with Gasteiger partial charge in [-0.15, -0.1) is 0 Å². The third-order valence-corrected chi connectivity index (χ3v) is 5.25. The Labute approximate surface area is 195 Å². The summed E-state index contributed by atoms with van der Waals surface area (Å²) in [5.74, 6) is -1.44. The minimum Gasteiger partial charge on any atom is -0.494 e. The van der Waals surface area contributed by atoms with Crippen molar-refractivity contribution in [1.82, 2.24) is 10.2 Å². The lowest BCUT2D eigenvalue weighted by Crippen LogP contribution is -2.40. The lowest BCUT2D eigenvalue weighted by Gasteiger charge is -2.30. The molecule has 1 rings (SSSR count). The quantitative estimate of drug-likeness (QED) is 0.191. The molecule has 33 heavy (non-hydrogen) atoms. The van der Waals surface area contributed by atoms with Crippen molar-refractivity contribution in [2.45, 2.75) is 78.4 Å². The molecule has 1 aromatic carbocycles. The van der Waals surface area contributed by atoms with E-state index in [1.807, 2.05) is 0 Å². The number of carbonyl (C=O) groups is 2. The molecule has 0 fully saturated rings. The lowest BCUT2D eigenvalue weighted by molar-refractivity contribution is -0.384. The highest BCUT2D eigenvalue weighted by Gasteiger charge is 2.23. The van der Waals surface area contributed by atoms with Crippen LogP contribution in [-0.2, 0) is 9.59 Å². The van der Waals surface area contributed by atoms with E-state index in [1.54, 1.807) is 6.92 Å². The SMILES string of the molecule is CCOc1ccc(NC(=O)CC(NCCCCCN(C(C)C)C(C)C)C(=O)O)c([N+](=O)[O-])c1. The molecular weight excluding hydrogens is 428 g/mol. The molecule has 10 heteroatoms. The molecule has 0 aliphatic rings. The summed E-state index contributed by atoms with van der Waals surface area (Å²) in [5.41, 5.74) is -0.316. The number of carboxylic acids is 1. The monoisotopic (exact) mass is 466 g/mol. The van der Waals surface area contributed by atoms with Gasteiger partial charge in [0, 0.05) is 12.1 Å². The van der Waals surface area contributed by atoms with E-state index in [0.29, 0.717) is 31.0 Å². The third-order valence-electron chi connectivity index (χ3n) is 5.25. The molecule has 3 N–H and O–H groups in total. The maximum absolute atomic E-state index is 12.4. The molecule has 0 saturated heterocycles. The van der Waals surface area contributed by atoms with Gasteiger partial charge < -0.3 is 20.5 Å². The number of nitro benzene ring substituents is 1. The Morgan fingerprint density at radius 3 is 2.36 bits per heavy atom. The van der Waals surface area contributed by atoms with Gasteiger partial charge in [-0.05, 0) is 72.7 Å². The number of carbonyl (C=O) groups excluding carboxylic acids is 1. The van der Waals surface area contributed by atoms with E-state index in [4.69, 9.17) is 4.74 Å². The Hall–Kier alpha value is -2.72. The number of benzene rings is 1. The Bertz CT molecular complexity index is 776. The molecule has 0 aromatic heterocycles. The predicted octanol–water partition coefficient (Wildman–Crippen LogP) is 3.65. The van der Waals surface area contributed by atoms with Crippen LogP contribution in [-0.4, -0.2) is 64.6 Å². The molecular formula is C23H38N4O6. The van der Waals surface area contributed by atoms with Crippen molar-refractivity contribution in [1.29, 1.82) is 0 Å². The first kappa shape index (κ1) is 28.3. The van der Waals surface area contributed by atoms with Crippen LogP contribution in [0.2, 0.25) is 0 Å². The van der Waals surface area contributed by atoms with Crippen molar-refractivity contribution in [3.05, 3.63) is 28.3 Å². The van der Waals surface area contributed by atoms with Crippen LogP contribution in [0.3, 0.4) is 0 Å². The number of hydrogen-bond acceptors (Lipinski definition) is 7. The van der Waals surface area contributed by atoms with Gasteiger partial charge in [0.05, 0.1) is 24.0 Å². The van der Waals surface area contributed by atoms with Gasteiger partial charge in [-0.2, -0.15) is 0 Å². The number of aliphatic carboxylic acids is 1. The van der Waals surface area contributed by atoms with Gasteiger partial charge in [-0.25, -0.2) is 0 Å². The molecule has 0 radical (unpaired) electrons. The second-order valence-electron chi connectivity index (χ2n) is 8.45. The third kappa shape index (κ3) is 10.2. The zero-order chi connectivity index (χ0) is 25.0. The number of amides is 1. The van der Waals surface area contributed by atoms with Crippen LogP contribution >= 0.6 is 0 Å². The predicted molar refractivity (Wildman–Crippen MR) is 128 cm³/mol. The number of hydrogen-bond donors (Lipinski definition) is 3. The Kier molecular flexibility index (Phi) is 12.4. The first-order valence-electron chi connectivity index (χ1n) is 11.5. The maximum Gasteiger partial charge on any atom is 0.321 e. The highest BCUT2D eigenvalue weighted by atomic mass is 16.6. The summed E-state index contributed by atoms with van der Waals surface area (Å²) < 4.78 is 5.25. The summed E-state index contributed by atoms with van der Waals surface area (Å²) >= 11 is 0. The fraction of sp³-hybridized carbons (Fsp3) is 0.652. The molecule has 1 aromatic rings. The second-order valence-corrected chi connectivity index (χ2v) is 8.45. The number of anilines is 1. The summed E-state index contributed by atoms with van der Waals surface area (Å²) in [5, 5.41) is 26.1. The average molecular weight is 467 g/mol. The van der Waals surface area contributed by atoms with Gasteiger partial charge in [-0.1, -0.05) is 6.42 Å². The first-order chi connectivity index (χ1) is 15.6. The summed E-state index contributed by atoms with van der Waals surface area (Å²) in [4.78, 5) is 37.1. The number of rotatable bonds is 16. The summed E-state index contributed by atoms with van der Waals surface area (Å²) in [6.07, 6.45) is 2.41. The van der Waals surface area contributed by atoms with Crippen LogP contribution in [0.4, 0.5) is 11.4 Å². The van der Waals surface area contributed by atoms with Crippen molar-refractivity contribution in [2.75, 3.05) is 25.0 Å². The van der Waals surface area contributed by atoms with Crippen LogP contribution in [0.5, 0.6) is 5.75 Å². The van der Waals surface area contributed by atoms with Gasteiger partial charge in [0.2, 0.25) is 5.91 Å². The Morgan fingerprint density at radius 1 is 1.15 bits per heavy atom.